The number of carboxylic acid groups (broad SMARTS) is 1. The maximum atomic E-state index is 12.8. The molecule has 11 nitrogen and oxygen atoms in total. The standard InChI is InChI=1S/C31H47N3O8/c1-8-9-14-23(42-30(32)40)15-12-19-33-28(37)27(31(4,5)6)34-26(36)16-11-10-13-21(2)20-22(3)24(35)17-18-25(41-7)29(38)39/h8-13,16,18-20,22-24,27,35H,14-15,17H2,1-7H3,(H2,32,40)(H,33,37)(H,34,36)(H,38,39)/b9-8-,13-10-,16-11-,19-12-,21-20+,25-18+/t22-,23-,24-,27+/m0/s1. The second-order valence-corrected chi connectivity index (χ2v) is 10.7. The molecule has 4 atom stereocenters. The van der Waals surface area contributed by atoms with Gasteiger partial charge in [0.15, 0.2) is 5.76 Å². The number of primary amides is 1. The molecular formula is C31H47N3O8. The van der Waals surface area contributed by atoms with Crippen molar-refractivity contribution in [3.63, 3.8) is 0 Å². The van der Waals surface area contributed by atoms with Gasteiger partial charge in [-0.15, -0.1) is 0 Å². The van der Waals surface area contributed by atoms with Crippen LogP contribution in [-0.4, -0.2) is 59.4 Å². The molecule has 0 aliphatic carbocycles. The Hall–Kier alpha value is -4.12. The monoisotopic (exact) mass is 589 g/mol. The van der Waals surface area contributed by atoms with Gasteiger partial charge in [-0.3, -0.25) is 9.59 Å². The van der Waals surface area contributed by atoms with Gasteiger partial charge in [0.2, 0.25) is 11.8 Å². The maximum absolute atomic E-state index is 12.8. The van der Waals surface area contributed by atoms with Gasteiger partial charge in [0.1, 0.15) is 12.1 Å². The summed E-state index contributed by atoms with van der Waals surface area (Å²) >= 11 is 0. The molecule has 0 saturated carbocycles. The lowest BCUT2D eigenvalue weighted by Crippen LogP contribution is -2.52. The Labute approximate surface area is 248 Å². The zero-order valence-corrected chi connectivity index (χ0v) is 25.6. The number of aliphatic hydroxyl groups excluding tert-OH is 1. The first kappa shape index (κ1) is 37.9. The maximum Gasteiger partial charge on any atom is 0.404 e. The summed E-state index contributed by atoms with van der Waals surface area (Å²) in [6.07, 6.45) is 15.0. The van der Waals surface area contributed by atoms with Crippen LogP contribution in [0.15, 0.2) is 72.2 Å². The second-order valence-electron chi connectivity index (χ2n) is 10.7. The molecule has 0 bridgehead atoms. The average Bonchev–Trinajstić information content (AvgIpc) is 2.89. The Bertz CT molecular complexity index is 1080. The fraction of sp³-hybridized carbons (Fsp3) is 0.484. The summed E-state index contributed by atoms with van der Waals surface area (Å²) in [6.45, 7) is 11.0. The highest BCUT2D eigenvalue weighted by atomic mass is 16.6. The predicted molar refractivity (Wildman–Crippen MR) is 162 cm³/mol. The minimum atomic E-state index is -1.20. The minimum Gasteiger partial charge on any atom is -0.490 e. The lowest BCUT2D eigenvalue weighted by atomic mass is 9.86. The van der Waals surface area contributed by atoms with E-state index in [4.69, 9.17) is 20.3 Å². The molecule has 0 fully saturated rings. The van der Waals surface area contributed by atoms with Gasteiger partial charge in [-0.05, 0) is 38.0 Å². The Balaban J connectivity index is 5.10. The number of ether oxygens (including phenoxy) is 2. The van der Waals surface area contributed by atoms with Crippen molar-refractivity contribution in [1.82, 2.24) is 10.6 Å². The molecule has 0 saturated heterocycles. The molecule has 0 aromatic rings. The third kappa shape index (κ3) is 16.9. The molecule has 0 aromatic heterocycles. The third-order valence-electron chi connectivity index (χ3n) is 5.90. The highest BCUT2D eigenvalue weighted by Gasteiger charge is 2.31. The smallest absolute Gasteiger partial charge is 0.404 e. The van der Waals surface area contributed by atoms with Gasteiger partial charge < -0.3 is 36.1 Å². The van der Waals surface area contributed by atoms with Crippen molar-refractivity contribution in [3.8, 4) is 0 Å². The zero-order chi connectivity index (χ0) is 32.3. The largest absolute Gasteiger partial charge is 0.490 e. The number of allylic oxidation sites excluding steroid dienone is 5. The van der Waals surface area contributed by atoms with E-state index in [1.165, 1.54) is 31.5 Å². The van der Waals surface area contributed by atoms with Crippen molar-refractivity contribution < 1.29 is 38.9 Å². The van der Waals surface area contributed by atoms with E-state index < -0.39 is 47.5 Å². The van der Waals surface area contributed by atoms with Crippen LogP contribution in [0.25, 0.3) is 0 Å². The molecule has 0 aliphatic heterocycles. The van der Waals surface area contributed by atoms with Gasteiger partial charge >= 0.3 is 12.1 Å². The Morgan fingerprint density at radius 2 is 1.64 bits per heavy atom. The molecule has 0 unspecified atom stereocenters. The van der Waals surface area contributed by atoms with Crippen molar-refractivity contribution >= 4 is 23.9 Å². The number of carbonyl (C=O) groups excluding carboxylic acids is 3. The van der Waals surface area contributed by atoms with Crippen LogP contribution < -0.4 is 16.4 Å². The molecule has 0 heterocycles. The number of aliphatic hydroxyl groups is 1. The SMILES string of the molecule is C/C=C\C[C@@H](C/C=C\NC(=O)[C@@H](NC(=O)\C=C/C=C\C(C)=C\[C@H](C)[C@@H](O)C/C=C(/OC)C(=O)O)C(C)(C)C)OC(N)=O. The molecule has 6 N–H and O–H groups in total. The fourth-order valence-corrected chi connectivity index (χ4v) is 3.59. The van der Waals surface area contributed by atoms with E-state index in [1.54, 1.807) is 25.2 Å². The first-order valence-electron chi connectivity index (χ1n) is 13.6. The fourth-order valence-electron chi connectivity index (χ4n) is 3.59. The van der Waals surface area contributed by atoms with Crippen molar-refractivity contribution in [2.75, 3.05) is 7.11 Å². The summed E-state index contributed by atoms with van der Waals surface area (Å²) in [5.74, 6) is -2.55. The van der Waals surface area contributed by atoms with Gasteiger partial charge in [0.05, 0.1) is 13.2 Å². The van der Waals surface area contributed by atoms with Gasteiger partial charge in [-0.1, -0.05) is 75.8 Å². The van der Waals surface area contributed by atoms with Gasteiger partial charge in [-0.2, -0.15) is 0 Å². The number of amides is 3. The van der Waals surface area contributed by atoms with Crippen LogP contribution in [0.3, 0.4) is 0 Å². The molecule has 234 valence electrons. The molecular weight excluding hydrogens is 542 g/mol. The Morgan fingerprint density at radius 3 is 2.19 bits per heavy atom. The number of carboxylic acids is 1. The molecule has 0 aliphatic rings. The Morgan fingerprint density at radius 1 is 1.02 bits per heavy atom. The number of carbonyl (C=O) groups is 4. The quantitative estimate of drug-likeness (QED) is 0.0731. The number of rotatable bonds is 17. The number of nitrogens with two attached hydrogens (primary N) is 1. The highest BCUT2D eigenvalue weighted by molar-refractivity contribution is 5.93. The molecule has 0 aromatic carbocycles. The first-order valence-corrected chi connectivity index (χ1v) is 13.6. The summed E-state index contributed by atoms with van der Waals surface area (Å²) in [6, 6.07) is -0.832. The molecule has 3 amide bonds. The van der Waals surface area contributed by atoms with E-state index in [0.29, 0.717) is 12.8 Å². The van der Waals surface area contributed by atoms with Crippen LogP contribution in [0.5, 0.6) is 0 Å². The molecule has 42 heavy (non-hydrogen) atoms. The lowest BCUT2D eigenvalue weighted by Gasteiger charge is -2.29. The average molecular weight is 590 g/mol. The van der Waals surface area contributed by atoms with E-state index in [9.17, 15) is 24.3 Å². The van der Waals surface area contributed by atoms with E-state index in [-0.39, 0.29) is 18.1 Å². The second kappa shape index (κ2) is 19.9. The van der Waals surface area contributed by atoms with Crippen LogP contribution in [0.2, 0.25) is 0 Å². The van der Waals surface area contributed by atoms with Crippen LogP contribution in [0, 0.1) is 11.3 Å². The zero-order valence-electron chi connectivity index (χ0n) is 25.6. The van der Waals surface area contributed by atoms with Crippen LogP contribution >= 0.6 is 0 Å². The number of methoxy groups -OCH3 is 1. The van der Waals surface area contributed by atoms with E-state index in [1.807, 2.05) is 52.8 Å². The number of hydrogen-bond acceptors (Lipinski definition) is 7. The Kier molecular flexibility index (Phi) is 17.9. The van der Waals surface area contributed by atoms with Crippen LogP contribution in [-0.2, 0) is 23.9 Å². The minimum absolute atomic E-state index is 0.114. The van der Waals surface area contributed by atoms with Gasteiger partial charge in [-0.25, -0.2) is 9.59 Å². The summed E-state index contributed by atoms with van der Waals surface area (Å²) in [4.78, 5) is 47.4. The van der Waals surface area contributed by atoms with E-state index in [2.05, 4.69) is 10.6 Å². The van der Waals surface area contributed by atoms with Crippen molar-refractivity contribution in [2.45, 2.75) is 79.1 Å². The normalized spacial score (nSPS) is 16.0. The summed E-state index contributed by atoms with van der Waals surface area (Å²) in [5.41, 5.74) is 5.35. The number of nitrogens with one attached hydrogen (secondary N) is 2. The third-order valence-corrected chi connectivity index (χ3v) is 5.90. The molecule has 0 spiro atoms. The highest BCUT2D eigenvalue weighted by Crippen LogP contribution is 2.20. The molecule has 0 radical (unpaired) electrons. The van der Waals surface area contributed by atoms with E-state index >= 15 is 0 Å². The molecule has 0 rings (SSSR count). The first-order chi connectivity index (χ1) is 19.6. The van der Waals surface area contributed by atoms with Gasteiger partial charge in [0.25, 0.3) is 0 Å². The van der Waals surface area contributed by atoms with Crippen molar-refractivity contribution in [3.05, 3.63) is 72.2 Å². The van der Waals surface area contributed by atoms with E-state index in [0.717, 1.165) is 5.57 Å². The number of hydrogen-bond donors (Lipinski definition) is 5. The summed E-state index contributed by atoms with van der Waals surface area (Å²) in [5, 5.41) is 24.7. The summed E-state index contributed by atoms with van der Waals surface area (Å²) in [7, 11) is 1.25. The van der Waals surface area contributed by atoms with Crippen LogP contribution in [0.4, 0.5) is 4.79 Å². The van der Waals surface area contributed by atoms with Crippen molar-refractivity contribution in [1.29, 1.82) is 0 Å². The lowest BCUT2D eigenvalue weighted by molar-refractivity contribution is -0.136. The number of aliphatic carboxylic acids is 1. The molecule has 11 heteroatoms. The van der Waals surface area contributed by atoms with Crippen LogP contribution in [0.1, 0.15) is 60.8 Å². The topological polar surface area (TPSA) is 177 Å². The predicted octanol–water partition coefficient (Wildman–Crippen LogP) is 4.03. The summed E-state index contributed by atoms with van der Waals surface area (Å²) < 4.78 is 9.80. The van der Waals surface area contributed by atoms with Crippen molar-refractivity contribution in [2.24, 2.45) is 17.1 Å². The van der Waals surface area contributed by atoms with Gasteiger partial charge in [0, 0.05) is 24.8 Å².